The maximum Gasteiger partial charge on any atom is 0.376 e. The summed E-state index contributed by atoms with van der Waals surface area (Å²) in [5, 5.41) is 0. The van der Waals surface area contributed by atoms with Crippen LogP contribution in [0.3, 0.4) is 0 Å². The zero-order valence-electron chi connectivity index (χ0n) is 8.51. The maximum absolute atomic E-state index is 11.0. The second-order valence-corrected chi connectivity index (χ2v) is 2.81. The Bertz CT molecular complexity index is 346. The molecule has 0 saturated carbocycles. The zero-order chi connectivity index (χ0) is 11.1. The standard InChI is InChI=1S/C10H13N3O2/c1-15-10(14)9-12-6-8(7-13-9)4-2-3-5-11/h2,4,6-7H,3,5,11H2,1H3. The molecule has 0 aliphatic rings. The van der Waals surface area contributed by atoms with E-state index < -0.39 is 5.97 Å². The van der Waals surface area contributed by atoms with E-state index in [4.69, 9.17) is 5.73 Å². The molecule has 0 aliphatic heterocycles. The van der Waals surface area contributed by atoms with E-state index in [-0.39, 0.29) is 5.82 Å². The summed E-state index contributed by atoms with van der Waals surface area (Å²) in [5.74, 6) is -0.471. The van der Waals surface area contributed by atoms with Gasteiger partial charge in [0.25, 0.3) is 0 Å². The van der Waals surface area contributed by atoms with Crippen LogP contribution in [-0.2, 0) is 4.74 Å². The molecular formula is C10H13N3O2. The number of ether oxygens (including phenoxy) is 1. The van der Waals surface area contributed by atoms with Crippen LogP contribution in [-0.4, -0.2) is 29.6 Å². The van der Waals surface area contributed by atoms with Crippen molar-refractivity contribution in [3.05, 3.63) is 29.9 Å². The van der Waals surface area contributed by atoms with Crippen LogP contribution in [0.5, 0.6) is 0 Å². The summed E-state index contributed by atoms with van der Waals surface area (Å²) in [5.41, 5.74) is 6.16. The minimum atomic E-state index is -0.535. The van der Waals surface area contributed by atoms with Crippen LogP contribution in [0, 0.1) is 0 Å². The molecule has 15 heavy (non-hydrogen) atoms. The molecule has 0 amide bonds. The Hall–Kier alpha value is -1.75. The van der Waals surface area contributed by atoms with Crippen molar-refractivity contribution in [1.29, 1.82) is 0 Å². The number of methoxy groups -OCH3 is 1. The monoisotopic (exact) mass is 207 g/mol. The van der Waals surface area contributed by atoms with Gasteiger partial charge in [-0.3, -0.25) is 0 Å². The number of aromatic nitrogens is 2. The quantitative estimate of drug-likeness (QED) is 0.732. The van der Waals surface area contributed by atoms with Gasteiger partial charge in [0.1, 0.15) is 0 Å². The Morgan fingerprint density at radius 1 is 1.53 bits per heavy atom. The molecule has 2 N–H and O–H groups in total. The summed E-state index contributed by atoms with van der Waals surface area (Å²) < 4.78 is 4.48. The summed E-state index contributed by atoms with van der Waals surface area (Å²) in [7, 11) is 1.29. The summed E-state index contributed by atoms with van der Waals surface area (Å²) in [6.45, 7) is 0.609. The van der Waals surface area contributed by atoms with E-state index in [9.17, 15) is 4.79 Å². The van der Waals surface area contributed by atoms with E-state index >= 15 is 0 Å². The van der Waals surface area contributed by atoms with E-state index in [1.54, 1.807) is 12.4 Å². The lowest BCUT2D eigenvalue weighted by Gasteiger charge is -1.97. The molecule has 0 aliphatic carbocycles. The molecule has 0 bridgehead atoms. The fourth-order valence-electron chi connectivity index (χ4n) is 0.936. The molecule has 0 saturated heterocycles. The highest BCUT2D eigenvalue weighted by atomic mass is 16.5. The van der Waals surface area contributed by atoms with Gasteiger partial charge in [0.15, 0.2) is 0 Å². The molecule has 80 valence electrons. The van der Waals surface area contributed by atoms with Gasteiger partial charge in [0.2, 0.25) is 5.82 Å². The molecular weight excluding hydrogens is 194 g/mol. The van der Waals surface area contributed by atoms with E-state index in [2.05, 4.69) is 14.7 Å². The van der Waals surface area contributed by atoms with Gasteiger partial charge >= 0.3 is 5.97 Å². The third-order valence-electron chi connectivity index (χ3n) is 1.68. The van der Waals surface area contributed by atoms with Crippen molar-refractivity contribution in [3.8, 4) is 0 Å². The summed E-state index contributed by atoms with van der Waals surface area (Å²) in [6.07, 6.45) is 7.71. The highest BCUT2D eigenvalue weighted by Crippen LogP contribution is 2.00. The SMILES string of the molecule is COC(=O)c1ncc(C=CCCN)cn1. The highest BCUT2D eigenvalue weighted by Gasteiger charge is 2.06. The Labute approximate surface area is 88.0 Å². The van der Waals surface area contributed by atoms with Crippen molar-refractivity contribution in [1.82, 2.24) is 9.97 Å². The number of hydrogen-bond donors (Lipinski definition) is 1. The molecule has 1 rings (SSSR count). The first kappa shape index (κ1) is 11.3. The van der Waals surface area contributed by atoms with E-state index in [0.717, 1.165) is 12.0 Å². The molecule has 0 spiro atoms. The van der Waals surface area contributed by atoms with Crippen molar-refractivity contribution in [2.24, 2.45) is 5.73 Å². The molecule has 1 aromatic rings. The number of carbonyl (C=O) groups is 1. The lowest BCUT2D eigenvalue weighted by atomic mass is 10.3. The van der Waals surface area contributed by atoms with Gasteiger partial charge in [-0.1, -0.05) is 12.2 Å². The molecule has 0 atom stereocenters. The smallest absolute Gasteiger partial charge is 0.376 e. The van der Waals surface area contributed by atoms with Gasteiger partial charge < -0.3 is 10.5 Å². The van der Waals surface area contributed by atoms with E-state index in [1.807, 2.05) is 12.2 Å². The lowest BCUT2D eigenvalue weighted by Crippen LogP contribution is -2.06. The number of hydrogen-bond acceptors (Lipinski definition) is 5. The predicted molar refractivity (Wildman–Crippen MR) is 56.1 cm³/mol. The zero-order valence-corrected chi connectivity index (χ0v) is 8.51. The third kappa shape index (κ3) is 3.47. The third-order valence-corrected chi connectivity index (χ3v) is 1.68. The van der Waals surface area contributed by atoms with Gasteiger partial charge in [0, 0.05) is 18.0 Å². The van der Waals surface area contributed by atoms with Crippen molar-refractivity contribution >= 4 is 12.0 Å². The topological polar surface area (TPSA) is 78.1 Å². The minimum Gasteiger partial charge on any atom is -0.463 e. The molecule has 0 aromatic carbocycles. The molecule has 0 fully saturated rings. The lowest BCUT2D eigenvalue weighted by molar-refractivity contribution is 0.0586. The van der Waals surface area contributed by atoms with Gasteiger partial charge in [0.05, 0.1) is 7.11 Å². The molecule has 0 unspecified atom stereocenters. The Morgan fingerprint density at radius 3 is 2.73 bits per heavy atom. The number of esters is 1. The minimum absolute atomic E-state index is 0.0634. The fourth-order valence-corrected chi connectivity index (χ4v) is 0.936. The van der Waals surface area contributed by atoms with Gasteiger partial charge in [-0.2, -0.15) is 0 Å². The second kappa shape index (κ2) is 5.87. The van der Waals surface area contributed by atoms with Crippen LogP contribution in [0.15, 0.2) is 18.5 Å². The molecule has 0 radical (unpaired) electrons. The average Bonchev–Trinajstić information content (AvgIpc) is 2.29. The van der Waals surface area contributed by atoms with Gasteiger partial charge in [-0.15, -0.1) is 0 Å². The van der Waals surface area contributed by atoms with Crippen molar-refractivity contribution in [2.75, 3.05) is 13.7 Å². The number of nitrogens with two attached hydrogens (primary N) is 1. The van der Waals surface area contributed by atoms with Crippen LogP contribution in [0.1, 0.15) is 22.6 Å². The first-order valence-corrected chi connectivity index (χ1v) is 4.55. The fraction of sp³-hybridized carbons (Fsp3) is 0.300. The number of rotatable bonds is 4. The second-order valence-electron chi connectivity index (χ2n) is 2.81. The van der Waals surface area contributed by atoms with Gasteiger partial charge in [-0.05, 0) is 13.0 Å². The first-order valence-electron chi connectivity index (χ1n) is 4.55. The number of carbonyl (C=O) groups excluding carboxylic acids is 1. The van der Waals surface area contributed by atoms with E-state index in [0.29, 0.717) is 6.54 Å². The normalized spacial score (nSPS) is 10.5. The highest BCUT2D eigenvalue weighted by molar-refractivity contribution is 5.84. The summed E-state index contributed by atoms with van der Waals surface area (Å²) in [6, 6.07) is 0. The summed E-state index contributed by atoms with van der Waals surface area (Å²) >= 11 is 0. The molecule has 5 nitrogen and oxygen atoms in total. The maximum atomic E-state index is 11.0. The van der Waals surface area contributed by atoms with Crippen LogP contribution in [0.2, 0.25) is 0 Å². The van der Waals surface area contributed by atoms with Crippen molar-refractivity contribution in [2.45, 2.75) is 6.42 Å². The van der Waals surface area contributed by atoms with E-state index in [1.165, 1.54) is 7.11 Å². The molecule has 5 heteroatoms. The van der Waals surface area contributed by atoms with Crippen molar-refractivity contribution < 1.29 is 9.53 Å². The Morgan fingerprint density at radius 2 is 2.20 bits per heavy atom. The van der Waals surface area contributed by atoms with Crippen LogP contribution >= 0.6 is 0 Å². The van der Waals surface area contributed by atoms with Crippen LogP contribution in [0.4, 0.5) is 0 Å². The largest absolute Gasteiger partial charge is 0.463 e. The molecule has 1 heterocycles. The Balaban J connectivity index is 2.68. The first-order chi connectivity index (χ1) is 7.27. The average molecular weight is 207 g/mol. The number of nitrogens with zero attached hydrogens (tertiary/aromatic N) is 2. The van der Waals surface area contributed by atoms with Crippen LogP contribution in [0.25, 0.3) is 6.08 Å². The predicted octanol–water partition coefficient (Wildman–Crippen LogP) is 0.625. The summed E-state index contributed by atoms with van der Waals surface area (Å²) in [4.78, 5) is 18.7. The van der Waals surface area contributed by atoms with Gasteiger partial charge in [-0.25, -0.2) is 14.8 Å². The molecule has 1 aromatic heterocycles. The van der Waals surface area contributed by atoms with Crippen molar-refractivity contribution in [3.63, 3.8) is 0 Å². The van der Waals surface area contributed by atoms with Crippen LogP contribution < -0.4 is 5.73 Å². The Kier molecular flexibility index (Phi) is 4.43.